The SMILES string of the molecule is CCC(C)c1cn[nH]c1. The monoisotopic (exact) mass is 124 g/mol. The summed E-state index contributed by atoms with van der Waals surface area (Å²) in [6.45, 7) is 4.38. The third-order valence-corrected chi connectivity index (χ3v) is 1.70. The fraction of sp³-hybridized carbons (Fsp3) is 0.571. The van der Waals surface area contributed by atoms with Crippen LogP contribution in [-0.2, 0) is 0 Å². The maximum Gasteiger partial charge on any atom is 0.0521 e. The molecule has 0 fully saturated rings. The Morgan fingerprint density at radius 1 is 1.78 bits per heavy atom. The van der Waals surface area contributed by atoms with Gasteiger partial charge >= 0.3 is 0 Å². The Hall–Kier alpha value is -0.790. The number of hydrogen-bond donors (Lipinski definition) is 1. The highest BCUT2D eigenvalue weighted by Crippen LogP contribution is 2.15. The van der Waals surface area contributed by atoms with Crippen molar-refractivity contribution in [2.75, 3.05) is 0 Å². The van der Waals surface area contributed by atoms with Crippen LogP contribution in [0.4, 0.5) is 0 Å². The summed E-state index contributed by atoms with van der Waals surface area (Å²) < 4.78 is 0. The van der Waals surface area contributed by atoms with Crippen molar-refractivity contribution >= 4 is 0 Å². The molecular weight excluding hydrogens is 112 g/mol. The zero-order valence-corrected chi connectivity index (χ0v) is 5.89. The summed E-state index contributed by atoms with van der Waals surface area (Å²) in [5.41, 5.74) is 1.30. The number of aromatic nitrogens is 2. The molecule has 0 aliphatic rings. The van der Waals surface area contributed by atoms with E-state index in [0.717, 1.165) is 0 Å². The number of H-pyrrole nitrogens is 1. The maximum atomic E-state index is 3.87. The van der Waals surface area contributed by atoms with Crippen LogP contribution in [0.2, 0.25) is 0 Å². The van der Waals surface area contributed by atoms with Crippen molar-refractivity contribution in [1.29, 1.82) is 0 Å². The van der Waals surface area contributed by atoms with E-state index in [1.165, 1.54) is 12.0 Å². The lowest BCUT2D eigenvalue weighted by Crippen LogP contribution is -1.86. The Morgan fingerprint density at radius 3 is 3.00 bits per heavy atom. The third-order valence-electron chi connectivity index (χ3n) is 1.70. The van der Waals surface area contributed by atoms with Gasteiger partial charge in [-0.1, -0.05) is 13.8 Å². The molecule has 0 radical (unpaired) electrons. The molecule has 0 spiro atoms. The first kappa shape index (κ1) is 6.33. The fourth-order valence-corrected chi connectivity index (χ4v) is 0.766. The van der Waals surface area contributed by atoms with Gasteiger partial charge in [0, 0.05) is 6.20 Å². The molecule has 50 valence electrons. The Labute approximate surface area is 55.3 Å². The highest BCUT2D eigenvalue weighted by atomic mass is 15.1. The van der Waals surface area contributed by atoms with Crippen molar-refractivity contribution in [3.63, 3.8) is 0 Å². The molecule has 0 bridgehead atoms. The van der Waals surface area contributed by atoms with Crippen LogP contribution in [0.25, 0.3) is 0 Å². The van der Waals surface area contributed by atoms with Crippen molar-refractivity contribution in [2.24, 2.45) is 0 Å². The smallest absolute Gasteiger partial charge is 0.0521 e. The first-order valence-corrected chi connectivity index (χ1v) is 3.33. The van der Waals surface area contributed by atoms with Crippen LogP contribution in [0.1, 0.15) is 31.7 Å². The van der Waals surface area contributed by atoms with Crippen LogP contribution >= 0.6 is 0 Å². The number of aromatic amines is 1. The number of nitrogens with one attached hydrogen (secondary N) is 1. The Bertz CT molecular complexity index is 155. The van der Waals surface area contributed by atoms with E-state index in [2.05, 4.69) is 24.0 Å². The first-order chi connectivity index (χ1) is 4.34. The van der Waals surface area contributed by atoms with Crippen LogP contribution in [0.15, 0.2) is 12.4 Å². The van der Waals surface area contributed by atoms with Crippen molar-refractivity contribution < 1.29 is 0 Å². The van der Waals surface area contributed by atoms with Crippen LogP contribution in [-0.4, -0.2) is 10.2 Å². The van der Waals surface area contributed by atoms with E-state index >= 15 is 0 Å². The van der Waals surface area contributed by atoms with E-state index in [0.29, 0.717) is 5.92 Å². The van der Waals surface area contributed by atoms with E-state index in [9.17, 15) is 0 Å². The minimum atomic E-state index is 0.642. The average Bonchev–Trinajstić information content (AvgIpc) is 2.37. The molecule has 2 nitrogen and oxygen atoms in total. The second kappa shape index (κ2) is 2.67. The third kappa shape index (κ3) is 1.31. The van der Waals surface area contributed by atoms with Gasteiger partial charge in [0.2, 0.25) is 0 Å². The maximum absolute atomic E-state index is 3.87. The minimum Gasteiger partial charge on any atom is -0.285 e. The minimum absolute atomic E-state index is 0.642. The summed E-state index contributed by atoms with van der Waals surface area (Å²) in [5, 5.41) is 6.66. The van der Waals surface area contributed by atoms with Crippen LogP contribution < -0.4 is 0 Å². The molecule has 1 aromatic rings. The summed E-state index contributed by atoms with van der Waals surface area (Å²) in [5.74, 6) is 0.642. The van der Waals surface area contributed by atoms with Crippen LogP contribution in [0.3, 0.4) is 0 Å². The predicted molar refractivity (Wildman–Crippen MR) is 37.3 cm³/mol. The molecule has 1 rings (SSSR count). The molecule has 9 heavy (non-hydrogen) atoms. The molecular formula is C7H12N2. The molecule has 1 atom stereocenters. The lowest BCUT2D eigenvalue weighted by atomic mass is 10.0. The predicted octanol–water partition coefficient (Wildman–Crippen LogP) is 1.92. The van der Waals surface area contributed by atoms with Gasteiger partial charge in [0.05, 0.1) is 6.20 Å². The molecule has 0 saturated heterocycles. The molecule has 1 N–H and O–H groups in total. The van der Waals surface area contributed by atoms with Gasteiger partial charge in [-0.2, -0.15) is 5.10 Å². The molecule has 0 aromatic carbocycles. The van der Waals surface area contributed by atoms with Gasteiger partial charge in [-0.15, -0.1) is 0 Å². The van der Waals surface area contributed by atoms with Gasteiger partial charge in [-0.25, -0.2) is 0 Å². The molecule has 1 aromatic heterocycles. The number of nitrogens with zero attached hydrogens (tertiary/aromatic N) is 1. The van der Waals surface area contributed by atoms with Crippen molar-refractivity contribution in [2.45, 2.75) is 26.2 Å². The highest BCUT2D eigenvalue weighted by Gasteiger charge is 2.01. The Balaban J connectivity index is 2.65. The number of hydrogen-bond acceptors (Lipinski definition) is 1. The largest absolute Gasteiger partial charge is 0.285 e. The van der Waals surface area contributed by atoms with Crippen molar-refractivity contribution in [1.82, 2.24) is 10.2 Å². The fourth-order valence-electron chi connectivity index (χ4n) is 0.766. The van der Waals surface area contributed by atoms with E-state index in [4.69, 9.17) is 0 Å². The summed E-state index contributed by atoms with van der Waals surface area (Å²) in [6, 6.07) is 0. The van der Waals surface area contributed by atoms with Gasteiger partial charge in [0.15, 0.2) is 0 Å². The Morgan fingerprint density at radius 2 is 2.56 bits per heavy atom. The average molecular weight is 124 g/mol. The zero-order valence-electron chi connectivity index (χ0n) is 5.89. The van der Waals surface area contributed by atoms with Crippen molar-refractivity contribution in [3.8, 4) is 0 Å². The molecule has 0 aliphatic heterocycles. The van der Waals surface area contributed by atoms with E-state index < -0.39 is 0 Å². The topological polar surface area (TPSA) is 28.7 Å². The van der Waals surface area contributed by atoms with E-state index in [-0.39, 0.29) is 0 Å². The summed E-state index contributed by atoms with van der Waals surface area (Å²) in [7, 11) is 0. The Kier molecular flexibility index (Phi) is 1.88. The molecule has 0 aliphatic carbocycles. The summed E-state index contributed by atoms with van der Waals surface area (Å²) in [4.78, 5) is 0. The normalized spacial score (nSPS) is 13.6. The standard InChI is InChI=1S/C7H12N2/c1-3-6(2)7-4-8-9-5-7/h4-6H,3H2,1-2H3,(H,8,9). The van der Waals surface area contributed by atoms with E-state index in [1.807, 2.05) is 12.4 Å². The first-order valence-electron chi connectivity index (χ1n) is 3.33. The van der Waals surface area contributed by atoms with E-state index in [1.54, 1.807) is 0 Å². The molecule has 1 heterocycles. The molecule has 0 amide bonds. The summed E-state index contributed by atoms with van der Waals surface area (Å²) >= 11 is 0. The van der Waals surface area contributed by atoms with Gasteiger partial charge in [-0.3, -0.25) is 5.10 Å². The second-order valence-corrected chi connectivity index (χ2v) is 2.34. The quantitative estimate of drug-likeness (QED) is 0.641. The lowest BCUT2D eigenvalue weighted by molar-refractivity contribution is 0.734. The highest BCUT2D eigenvalue weighted by molar-refractivity contribution is 5.08. The number of rotatable bonds is 2. The van der Waals surface area contributed by atoms with Crippen LogP contribution in [0.5, 0.6) is 0 Å². The van der Waals surface area contributed by atoms with Gasteiger partial charge in [-0.05, 0) is 17.9 Å². The molecule has 0 saturated carbocycles. The van der Waals surface area contributed by atoms with Gasteiger partial charge < -0.3 is 0 Å². The molecule has 2 heteroatoms. The van der Waals surface area contributed by atoms with Crippen LogP contribution in [0, 0.1) is 0 Å². The van der Waals surface area contributed by atoms with Gasteiger partial charge in [0.25, 0.3) is 0 Å². The van der Waals surface area contributed by atoms with Gasteiger partial charge in [0.1, 0.15) is 0 Å². The zero-order chi connectivity index (χ0) is 6.69. The molecule has 1 unspecified atom stereocenters. The van der Waals surface area contributed by atoms with Crippen molar-refractivity contribution in [3.05, 3.63) is 18.0 Å². The lowest BCUT2D eigenvalue weighted by Gasteiger charge is -2.01. The second-order valence-electron chi connectivity index (χ2n) is 2.34. The summed E-state index contributed by atoms with van der Waals surface area (Å²) in [6.07, 6.45) is 5.02.